The number of hydrogen-bond acceptors (Lipinski definition) is 2. The van der Waals surface area contributed by atoms with Gasteiger partial charge in [-0.2, -0.15) is 0 Å². The van der Waals surface area contributed by atoms with Gasteiger partial charge in [-0.05, 0) is 37.3 Å². The molecule has 0 N–H and O–H groups in total. The summed E-state index contributed by atoms with van der Waals surface area (Å²) < 4.78 is 1.99. The number of nitrogens with zero attached hydrogens (tertiary/aromatic N) is 3. The van der Waals surface area contributed by atoms with Crippen LogP contribution in [0.15, 0.2) is 24.5 Å². The fraction of sp³-hybridized carbons (Fsp3) is 0.500. The molecule has 0 spiro atoms. The van der Waals surface area contributed by atoms with Gasteiger partial charge in [0.1, 0.15) is 5.65 Å². The van der Waals surface area contributed by atoms with E-state index in [0.717, 1.165) is 23.4 Å². The Morgan fingerprint density at radius 2 is 2.30 bits per heavy atom. The molecule has 0 radical (unpaired) electrons. The van der Waals surface area contributed by atoms with Crippen molar-refractivity contribution in [1.29, 1.82) is 0 Å². The Kier molecular flexibility index (Phi) is 3.47. The smallest absolute Gasteiger partial charge is 0.228 e. The highest BCUT2D eigenvalue weighted by atomic mass is 16.2. The molecule has 2 heterocycles. The molecule has 20 heavy (non-hydrogen) atoms. The number of aryl methyl sites for hydroxylation is 1. The molecule has 1 amide bonds. The molecule has 1 aliphatic carbocycles. The Bertz CT molecular complexity index is 628. The maximum absolute atomic E-state index is 12.2. The summed E-state index contributed by atoms with van der Waals surface area (Å²) >= 11 is 0. The van der Waals surface area contributed by atoms with E-state index in [1.165, 1.54) is 19.3 Å². The van der Waals surface area contributed by atoms with Crippen LogP contribution >= 0.6 is 0 Å². The molecule has 3 rings (SSSR count). The number of likely N-dealkylation sites (N-methyl/N-ethyl adjacent to an activating group) is 1. The second-order valence-corrected chi connectivity index (χ2v) is 5.90. The zero-order valence-corrected chi connectivity index (χ0v) is 12.2. The monoisotopic (exact) mass is 271 g/mol. The Hall–Kier alpha value is -1.84. The van der Waals surface area contributed by atoms with Gasteiger partial charge in [-0.15, -0.1) is 0 Å². The molecule has 2 aromatic rings. The van der Waals surface area contributed by atoms with Gasteiger partial charge in [-0.25, -0.2) is 4.98 Å². The number of imidazole rings is 1. The first kappa shape index (κ1) is 13.2. The van der Waals surface area contributed by atoms with Gasteiger partial charge in [0.15, 0.2) is 0 Å². The zero-order valence-electron chi connectivity index (χ0n) is 12.2. The van der Waals surface area contributed by atoms with E-state index in [1.54, 1.807) is 0 Å². The summed E-state index contributed by atoms with van der Waals surface area (Å²) in [5.74, 6) is 0.880. The fourth-order valence-electron chi connectivity index (χ4n) is 2.74. The van der Waals surface area contributed by atoms with Gasteiger partial charge in [0.25, 0.3) is 0 Å². The number of fused-ring (bicyclic) bond motifs is 1. The van der Waals surface area contributed by atoms with Gasteiger partial charge in [0.05, 0.1) is 12.1 Å². The molecule has 1 saturated carbocycles. The highest BCUT2D eigenvalue weighted by Crippen LogP contribution is 2.26. The molecule has 0 unspecified atom stereocenters. The van der Waals surface area contributed by atoms with Gasteiger partial charge in [-0.3, -0.25) is 4.79 Å². The van der Waals surface area contributed by atoms with E-state index in [1.807, 2.05) is 47.8 Å². The van der Waals surface area contributed by atoms with Gasteiger partial charge < -0.3 is 9.30 Å². The van der Waals surface area contributed by atoms with Crippen molar-refractivity contribution in [1.82, 2.24) is 14.3 Å². The van der Waals surface area contributed by atoms with E-state index in [-0.39, 0.29) is 5.91 Å². The topological polar surface area (TPSA) is 37.6 Å². The minimum Gasteiger partial charge on any atom is -0.345 e. The molecule has 0 aliphatic heterocycles. The first-order valence-electron chi connectivity index (χ1n) is 7.30. The molecule has 0 aromatic carbocycles. The molecule has 4 nitrogen and oxygen atoms in total. The van der Waals surface area contributed by atoms with Crippen molar-refractivity contribution < 1.29 is 4.79 Å². The molecule has 0 bridgehead atoms. The van der Waals surface area contributed by atoms with Crippen molar-refractivity contribution in [2.75, 3.05) is 13.6 Å². The second-order valence-electron chi connectivity index (χ2n) is 5.90. The molecule has 0 saturated heterocycles. The Balaban J connectivity index is 1.68. The number of rotatable bonds is 4. The Morgan fingerprint density at radius 1 is 1.50 bits per heavy atom. The van der Waals surface area contributed by atoms with Crippen molar-refractivity contribution in [3.8, 4) is 0 Å². The number of carbonyl (C=O) groups is 1. The van der Waals surface area contributed by atoms with Crippen LogP contribution in [0.1, 0.15) is 30.5 Å². The van der Waals surface area contributed by atoms with Crippen LogP contribution in [0.25, 0.3) is 5.65 Å². The summed E-state index contributed by atoms with van der Waals surface area (Å²) in [6.45, 7) is 2.93. The average molecular weight is 271 g/mol. The van der Waals surface area contributed by atoms with Gasteiger partial charge in [0.2, 0.25) is 5.91 Å². The van der Waals surface area contributed by atoms with Crippen LogP contribution in [-0.2, 0) is 11.2 Å². The predicted molar refractivity (Wildman–Crippen MR) is 78.6 cm³/mol. The summed E-state index contributed by atoms with van der Waals surface area (Å²) in [6.07, 6.45) is 8.18. The van der Waals surface area contributed by atoms with E-state index in [2.05, 4.69) is 4.98 Å². The van der Waals surface area contributed by atoms with Crippen LogP contribution in [-0.4, -0.2) is 33.8 Å². The van der Waals surface area contributed by atoms with Crippen LogP contribution in [0.5, 0.6) is 0 Å². The first-order valence-corrected chi connectivity index (χ1v) is 7.30. The standard InChI is InChI=1S/C16H21N3O/c1-12-5-4-8-19-11-14(17-16(12)19)9-15(20)18(2)10-13-6-3-7-13/h4-5,8,11,13H,3,6-7,9-10H2,1-2H3. The SMILES string of the molecule is Cc1cccn2cc(CC(=O)N(C)CC3CCC3)nc12. The lowest BCUT2D eigenvalue weighted by Gasteiger charge is -2.30. The van der Waals surface area contributed by atoms with Crippen LogP contribution in [0.4, 0.5) is 0 Å². The summed E-state index contributed by atoms with van der Waals surface area (Å²) in [5, 5.41) is 0. The maximum Gasteiger partial charge on any atom is 0.228 e. The van der Waals surface area contributed by atoms with Crippen molar-refractivity contribution in [2.45, 2.75) is 32.6 Å². The number of aromatic nitrogens is 2. The van der Waals surface area contributed by atoms with Crippen molar-refractivity contribution >= 4 is 11.6 Å². The minimum atomic E-state index is 0.165. The highest BCUT2D eigenvalue weighted by molar-refractivity contribution is 5.78. The van der Waals surface area contributed by atoms with Crippen LogP contribution in [0.3, 0.4) is 0 Å². The summed E-state index contributed by atoms with van der Waals surface area (Å²) in [5.41, 5.74) is 2.93. The quantitative estimate of drug-likeness (QED) is 0.856. The fourth-order valence-corrected chi connectivity index (χ4v) is 2.74. The number of pyridine rings is 1. The highest BCUT2D eigenvalue weighted by Gasteiger charge is 2.21. The second kappa shape index (κ2) is 5.27. The molecule has 106 valence electrons. The van der Waals surface area contributed by atoms with Crippen LogP contribution in [0, 0.1) is 12.8 Å². The largest absolute Gasteiger partial charge is 0.345 e. The number of hydrogen-bond donors (Lipinski definition) is 0. The van der Waals surface area contributed by atoms with Crippen LogP contribution in [0.2, 0.25) is 0 Å². The normalized spacial score (nSPS) is 15.3. The van der Waals surface area contributed by atoms with E-state index in [9.17, 15) is 4.79 Å². The van der Waals surface area contributed by atoms with Gasteiger partial charge in [0, 0.05) is 26.0 Å². The van der Waals surface area contributed by atoms with E-state index in [4.69, 9.17) is 0 Å². The van der Waals surface area contributed by atoms with E-state index < -0.39 is 0 Å². The third kappa shape index (κ3) is 2.55. The number of carbonyl (C=O) groups excluding carboxylic acids is 1. The molecule has 1 fully saturated rings. The van der Waals surface area contributed by atoms with E-state index >= 15 is 0 Å². The van der Waals surface area contributed by atoms with Crippen molar-refractivity contribution in [2.24, 2.45) is 5.92 Å². The molecular formula is C16H21N3O. The Labute approximate surface area is 119 Å². The number of amides is 1. The molecule has 4 heteroatoms. The minimum absolute atomic E-state index is 0.165. The molecule has 0 atom stereocenters. The van der Waals surface area contributed by atoms with Gasteiger partial charge >= 0.3 is 0 Å². The van der Waals surface area contributed by atoms with E-state index in [0.29, 0.717) is 12.3 Å². The third-order valence-corrected chi connectivity index (χ3v) is 4.24. The van der Waals surface area contributed by atoms with Crippen LogP contribution < -0.4 is 0 Å². The molecular weight excluding hydrogens is 250 g/mol. The summed E-state index contributed by atoms with van der Waals surface area (Å²) in [7, 11) is 1.90. The maximum atomic E-state index is 12.2. The lowest BCUT2D eigenvalue weighted by Crippen LogP contribution is -2.35. The summed E-state index contributed by atoms with van der Waals surface area (Å²) in [4.78, 5) is 18.7. The average Bonchev–Trinajstić information content (AvgIpc) is 2.77. The third-order valence-electron chi connectivity index (χ3n) is 4.24. The van der Waals surface area contributed by atoms with Crippen molar-refractivity contribution in [3.63, 3.8) is 0 Å². The zero-order chi connectivity index (χ0) is 14.1. The Morgan fingerprint density at radius 3 is 2.95 bits per heavy atom. The molecule has 2 aromatic heterocycles. The lowest BCUT2D eigenvalue weighted by atomic mass is 9.85. The molecule has 1 aliphatic rings. The first-order chi connectivity index (χ1) is 9.63. The lowest BCUT2D eigenvalue weighted by molar-refractivity contribution is -0.130. The predicted octanol–water partition coefficient (Wildman–Crippen LogP) is 2.44. The summed E-state index contributed by atoms with van der Waals surface area (Å²) in [6, 6.07) is 4.04. The van der Waals surface area contributed by atoms with Crippen molar-refractivity contribution in [3.05, 3.63) is 35.8 Å². The van der Waals surface area contributed by atoms with Gasteiger partial charge in [-0.1, -0.05) is 12.5 Å².